The van der Waals surface area contributed by atoms with Crippen LogP contribution in [0.4, 0.5) is 0 Å². The standard InChI is InChI=1S/C19H32N4OS/c1-20-19(23(3)13-15-8-10-24-14-15)21-12-16-6-4-9-22(2)18(16)17-7-5-11-25-17/h5,7,11,15-16,18H,4,6,8-10,12-14H2,1-3H3,(H,20,21). The summed E-state index contributed by atoms with van der Waals surface area (Å²) in [6, 6.07) is 4.97. The molecule has 1 N–H and O–H groups in total. The lowest BCUT2D eigenvalue weighted by Crippen LogP contribution is -2.46. The fourth-order valence-corrected chi connectivity index (χ4v) is 5.17. The summed E-state index contributed by atoms with van der Waals surface area (Å²) < 4.78 is 5.50. The van der Waals surface area contributed by atoms with Crippen molar-refractivity contribution in [2.24, 2.45) is 16.8 Å². The molecule has 6 heteroatoms. The van der Waals surface area contributed by atoms with Gasteiger partial charge in [0.25, 0.3) is 0 Å². The molecule has 1 aromatic heterocycles. The van der Waals surface area contributed by atoms with E-state index in [0.29, 0.717) is 17.9 Å². The van der Waals surface area contributed by atoms with Crippen LogP contribution in [0.2, 0.25) is 0 Å². The van der Waals surface area contributed by atoms with Gasteiger partial charge in [-0.1, -0.05) is 6.07 Å². The van der Waals surface area contributed by atoms with Gasteiger partial charge < -0.3 is 15.0 Å². The van der Waals surface area contributed by atoms with E-state index < -0.39 is 0 Å². The molecule has 2 saturated heterocycles. The molecule has 2 aliphatic rings. The van der Waals surface area contributed by atoms with Crippen LogP contribution in [0.25, 0.3) is 0 Å². The summed E-state index contributed by atoms with van der Waals surface area (Å²) in [5.41, 5.74) is 0. The molecule has 3 atom stereocenters. The molecule has 2 fully saturated rings. The predicted molar refractivity (Wildman–Crippen MR) is 105 cm³/mol. The molecule has 3 rings (SSSR count). The van der Waals surface area contributed by atoms with Gasteiger partial charge in [0, 0.05) is 50.6 Å². The van der Waals surface area contributed by atoms with Gasteiger partial charge in [0.15, 0.2) is 5.96 Å². The fraction of sp³-hybridized carbons (Fsp3) is 0.737. The summed E-state index contributed by atoms with van der Waals surface area (Å²) in [4.78, 5) is 10.8. The highest BCUT2D eigenvalue weighted by molar-refractivity contribution is 7.10. The predicted octanol–water partition coefficient (Wildman–Crippen LogP) is 2.67. The van der Waals surface area contributed by atoms with Crippen LogP contribution in [-0.4, -0.2) is 69.8 Å². The Morgan fingerprint density at radius 3 is 3.04 bits per heavy atom. The normalized spacial score (nSPS) is 28.3. The summed E-state index contributed by atoms with van der Waals surface area (Å²) in [5, 5.41) is 5.83. The van der Waals surface area contributed by atoms with E-state index >= 15 is 0 Å². The van der Waals surface area contributed by atoms with Gasteiger partial charge in [0.05, 0.1) is 6.61 Å². The van der Waals surface area contributed by atoms with Crippen LogP contribution in [-0.2, 0) is 4.74 Å². The lowest BCUT2D eigenvalue weighted by molar-refractivity contribution is 0.124. The molecule has 25 heavy (non-hydrogen) atoms. The molecule has 1 aromatic rings. The van der Waals surface area contributed by atoms with Crippen LogP contribution in [0.5, 0.6) is 0 Å². The van der Waals surface area contributed by atoms with Crippen LogP contribution in [0.1, 0.15) is 30.2 Å². The van der Waals surface area contributed by atoms with E-state index in [1.807, 2.05) is 18.4 Å². The molecule has 0 saturated carbocycles. The third kappa shape index (κ3) is 4.74. The SMILES string of the molecule is CN=C(NCC1CCCN(C)C1c1cccs1)N(C)CC1CCOC1. The van der Waals surface area contributed by atoms with Gasteiger partial charge in [-0.2, -0.15) is 0 Å². The molecule has 0 radical (unpaired) electrons. The number of nitrogens with one attached hydrogen (secondary N) is 1. The Hall–Kier alpha value is -1.11. The number of piperidine rings is 1. The van der Waals surface area contributed by atoms with Crippen LogP contribution in [0, 0.1) is 11.8 Å². The van der Waals surface area contributed by atoms with Gasteiger partial charge in [0.1, 0.15) is 0 Å². The first-order valence-corrected chi connectivity index (χ1v) is 10.3. The Bertz CT molecular complexity index is 542. The summed E-state index contributed by atoms with van der Waals surface area (Å²) >= 11 is 1.88. The molecular weight excluding hydrogens is 332 g/mol. The first-order valence-electron chi connectivity index (χ1n) is 9.42. The number of ether oxygens (including phenoxy) is 1. The maximum Gasteiger partial charge on any atom is 0.193 e. The lowest BCUT2D eigenvalue weighted by Gasteiger charge is -2.39. The minimum absolute atomic E-state index is 0.521. The molecule has 0 aliphatic carbocycles. The number of likely N-dealkylation sites (tertiary alicyclic amines) is 1. The fourth-order valence-electron chi connectivity index (χ4n) is 4.19. The van der Waals surface area contributed by atoms with Crippen LogP contribution >= 0.6 is 11.3 Å². The highest BCUT2D eigenvalue weighted by atomic mass is 32.1. The van der Waals surface area contributed by atoms with Crippen LogP contribution in [0.15, 0.2) is 22.5 Å². The Labute approximate surface area is 156 Å². The highest BCUT2D eigenvalue weighted by Gasteiger charge is 2.31. The molecule has 0 amide bonds. The van der Waals surface area contributed by atoms with Crippen molar-refractivity contribution >= 4 is 17.3 Å². The highest BCUT2D eigenvalue weighted by Crippen LogP contribution is 2.36. The van der Waals surface area contributed by atoms with Crippen molar-refractivity contribution in [2.75, 3.05) is 54.0 Å². The molecule has 0 aromatic carbocycles. The third-order valence-corrected chi connectivity index (χ3v) is 6.44. The van der Waals surface area contributed by atoms with E-state index in [0.717, 1.165) is 38.7 Å². The van der Waals surface area contributed by atoms with Crippen molar-refractivity contribution in [1.29, 1.82) is 0 Å². The number of guanidine groups is 1. The maximum absolute atomic E-state index is 5.50. The second-order valence-corrected chi connectivity index (χ2v) is 8.36. The maximum atomic E-state index is 5.50. The van der Waals surface area contributed by atoms with E-state index in [4.69, 9.17) is 4.74 Å². The molecule has 0 bridgehead atoms. The van der Waals surface area contributed by atoms with E-state index in [2.05, 4.69) is 51.7 Å². The third-order valence-electron chi connectivity index (χ3n) is 5.49. The molecule has 3 unspecified atom stereocenters. The number of thiophene rings is 1. The van der Waals surface area contributed by atoms with Crippen LogP contribution in [0.3, 0.4) is 0 Å². The quantitative estimate of drug-likeness (QED) is 0.644. The summed E-state index contributed by atoms with van der Waals surface area (Å²) in [6.45, 7) is 4.97. The molecular formula is C19H32N4OS. The van der Waals surface area contributed by atoms with Gasteiger partial charge in [-0.05, 0) is 50.2 Å². The number of rotatable bonds is 5. The van der Waals surface area contributed by atoms with Crippen molar-refractivity contribution in [3.8, 4) is 0 Å². The lowest BCUT2D eigenvalue weighted by atomic mass is 9.88. The smallest absolute Gasteiger partial charge is 0.193 e. The van der Waals surface area contributed by atoms with Crippen molar-refractivity contribution in [3.05, 3.63) is 22.4 Å². The monoisotopic (exact) mass is 364 g/mol. The van der Waals surface area contributed by atoms with Gasteiger partial charge in [-0.25, -0.2) is 0 Å². The Balaban J connectivity index is 1.57. The van der Waals surface area contributed by atoms with Crippen molar-refractivity contribution in [3.63, 3.8) is 0 Å². The number of aliphatic imine (C=N–C) groups is 1. The topological polar surface area (TPSA) is 40.1 Å². The van der Waals surface area contributed by atoms with Gasteiger partial charge in [-0.15, -0.1) is 11.3 Å². The molecule has 2 aliphatic heterocycles. The molecule has 5 nitrogen and oxygen atoms in total. The van der Waals surface area contributed by atoms with Gasteiger partial charge in [-0.3, -0.25) is 9.89 Å². The Morgan fingerprint density at radius 1 is 1.48 bits per heavy atom. The number of hydrogen-bond acceptors (Lipinski definition) is 4. The van der Waals surface area contributed by atoms with Crippen LogP contribution < -0.4 is 5.32 Å². The van der Waals surface area contributed by atoms with Crippen molar-refractivity contribution in [1.82, 2.24) is 15.1 Å². The van der Waals surface area contributed by atoms with E-state index in [1.54, 1.807) is 0 Å². The average Bonchev–Trinajstić information content (AvgIpc) is 3.29. The summed E-state index contributed by atoms with van der Waals surface area (Å²) in [6.07, 6.45) is 3.71. The zero-order valence-electron chi connectivity index (χ0n) is 15.8. The molecule has 3 heterocycles. The zero-order chi connectivity index (χ0) is 17.6. The second-order valence-electron chi connectivity index (χ2n) is 7.38. The largest absolute Gasteiger partial charge is 0.381 e. The molecule has 0 spiro atoms. The minimum atomic E-state index is 0.521. The summed E-state index contributed by atoms with van der Waals surface area (Å²) in [7, 11) is 6.28. The zero-order valence-corrected chi connectivity index (χ0v) is 16.6. The Morgan fingerprint density at radius 2 is 2.36 bits per heavy atom. The Kier molecular flexibility index (Phi) is 6.73. The molecule has 140 valence electrons. The van der Waals surface area contributed by atoms with E-state index in [9.17, 15) is 0 Å². The van der Waals surface area contributed by atoms with Gasteiger partial charge >= 0.3 is 0 Å². The number of hydrogen-bond donors (Lipinski definition) is 1. The second kappa shape index (κ2) is 9.01. The van der Waals surface area contributed by atoms with Crippen molar-refractivity contribution < 1.29 is 4.74 Å². The average molecular weight is 365 g/mol. The minimum Gasteiger partial charge on any atom is -0.381 e. The first kappa shape index (κ1) is 18.7. The van der Waals surface area contributed by atoms with E-state index in [-0.39, 0.29) is 0 Å². The summed E-state index contributed by atoms with van der Waals surface area (Å²) in [5.74, 6) is 2.26. The van der Waals surface area contributed by atoms with Gasteiger partial charge in [0.2, 0.25) is 0 Å². The number of nitrogens with zero attached hydrogens (tertiary/aromatic N) is 3. The van der Waals surface area contributed by atoms with E-state index in [1.165, 1.54) is 24.3 Å². The van der Waals surface area contributed by atoms with Crippen molar-refractivity contribution in [2.45, 2.75) is 25.3 Å². The first-order chi connectivity index (χ1) is 12.2.